The first-order valence-corrected chi connectivity index (χ1v) is 14.5. The van der Waals surface area contributed by atoms with Crippen molar-refractivity contribution in [2.24, 2.45) is 50.2 Å². The SMILES string of the molecule is CC(=O)OC1CC[C@@]2(C)C(CC[C@]3(C)C2CC=C2[C@H]4CC(C)(C)CC[C@]4(C)CC[C@]23C)C1(C)C. The molecule has 0 radical (unpaired) electrons. The number of fused-ring (bicyclic) bond motifs is 7. The van der Waals surface area contributed by atoms with Gasteiger partial charge in [0.25, 0.3) is 0 Å². The standard InChI is InChI=1S/C32H52O2/c1-21(33)34-26-13-14-30(7)24(28(26,4)5)12-15-32(9)25(30)11-10-22-23-20-27(2,3)16-17-29(23,6)18-19-31(22,32)8/h10,23-26H,11-20H2,1-9H3/t23-,24?,25?,26?,29-,30+,31-,32-/m1/s1. The Kier molecular flexibility index (Phi) is 5.40. The van der Waals surface area contributed by atoms with Gasteiger partial charge in [0.1, 0.15) is 6.10 Å². The van der Waals surface area contributed by atoms with E-state index in [2.05, 4.69) is 61.5 Å². The van der Waals surface area contributed by atoms with Crippen molar-refractivity contribution in [2.45, 2.75) is 133 Å². The quantitative estimate of drug-likeness (QED) is 0.284. The molecule has 34 heavy (non-hydrogen) atoms. The number of allylic oxidation sites excluding steroid dienone is 2. The Morgan fingerprint density at radius 3 is 2.21 bits per heavy atom. The molecule has 0 heterocycles. The number of hydrogen-bond acceptors (Lipinski definition) is 2. The van der Waals surface area contributed by atoms with Crippen molar-refractivity contribution < 1.29 is 9.53 Å². The van der Waals surface area contributed by atoms with Crippen LogP contribution < -0.4 is 0 Å². The number of carbonyl (C=O) groups is 1. The fourth-order valence-corrected chi connectivity index (χ4v) is 10.9. The summed E-state index contributed by atoms with van der Waals surface area (Å²) in [6, 6.07) is 0. The molecule has 0 aromatic heterocycles. The van der Waals surface area contributed by atoms with Crippen LogP contribution in [0.1, 0.15) is 127 Å². The average molecular weight is 469 g/mol. The van der Waals surface area contributed by atoms with Crippen LogP contribution in [0.5, 0.6) is 0 Å². The van der Waals surface area contributed by atoms with Gasteiger partial charge in [0.15, 0.2) is 0 Å². The number of carbonyl (C=O) groups excluding carboxylic acids is 1. The van der Waals surface area contributed by atoms with Crippen molar-refractivity contribution in [1.82, 2.24) is 0 Å². The van der Waals surface area contributed by atoms with E-state index < -0.39 is 0 Å². The predicted octanol–water partition coefficient (Wildman–Crippen LogP) is 8.74. The second kappa shape index (κ2) is 7.38. The van der Waals surface area contributed by atoms with Crippen molar-refractivity contribution in [3.63, 3.8) is 0 Å². The molecule has 2 nitrogen and oxygen atoms in total. The van der Waals surface area contributed by atoms with E-state index in [1.807, 2.05) is 5.57 Å². The molecule has 5 aliphatic rings. The molecule has 0 aliphatic heterocycles. The Hall–Kier alpha value is -0.790. The van der Waals surface area contributed by atoms with Crippen LogP contribution in [-0.4, -0.2) is 12.1 Å². The molecule has 5 aliphatic carbocycles. The summed E-state index contributed by atoms with van der Waals surface area (Å²) in [4.78, 5) is 11.9. The van der Waals surface area contributed by atoms with E-state index in [1.54, 1.807) is 6.92 Å². The second-order valence-electron chi connectivity index (χ2n) is 15.8. The Morgan fingerprint density at radius 1 is 0.853 bits per heavy atom. The molecule has 8 atom stereocenters. The molecule has 0 bridgehead atoms. The van der Waals surface area contributed by atoms with E-state index in [1.165, 1.54) is 57.8 Å². The summed E-state index contributed by atoms with van der Waals surface area (Å²) < 4.78 is 5.91. The van der Waals surface area contributed by atoms with Gasteiger partial charge in [-0.3, -0.25) is 4.79 Å². The lowest BCUT2D eigenvalue weighted by molar-refractivity contribution is -0.211. The molecular formula is C32H52O2. The zero-order valence-electron chi connectivity index (χ0n) is 23.8. The highest BCUT2D eigenvalue weighted by atomic mass is 16.5. The smallest absolute Gasteiger partial charge is 0.302 e. The Morgan fingerprint density at radius 2 is 1.53 bits per heavy atom. The minimum absolute atomic E-state index is 0.0451. The molecule has 5 rings (SSSR count). The summed E-state index contributed by atoms with van der Waals surface area (Å²) >= 11 is 0. The number of ether oxygens (including phenoxy) is 1. The summed E-state index contributed by atoms with van der Waals surface area (Å²) in [6.07, 6.45) is 15.9. The largest absolute Gasteiger partial charge is 0.462 e. The molecule has 0 saturated heterocycles. The molecule has 0 amide bonds. The molecule has 0 aromatic rings. The van der Waals surface area contributed by atoms with Gasteiger partial charge >= 0.3 is 5.97 Å². The monoisotopic (exact) mass is 468 g/mol. The fourth-order valence-electron chi connectivity index (χ4n) is 10.9. The van der Waals surface area contributed by atoms with Crippen LogP contribution in [0.2, 0.25) is 0 Å². The number of rotatable bonds is 1. The molecule has 192 valence electrons. The molecule has 2 heteroatoms. The van der Waals surface area contributed by atoms with E-state index in [0.29, 0.717) is 33.0 Å². The maximum Gasteiger partial charge on any atom is 0.302 e. The van der Waals surface area contributed by atoms with E-state index in [4.69, 9.17) is 4.74 Å². The summed E-state index contributed by atoms with van der Waals surface area (Å²) in [6.45, 7) is 22.0. The molecule has 0 aromatic carbocycles. The van der Waals surface area contributed by atoms with Crippen molar-refractivity contribution in [1.29, 1.82) is 0 Å². The van der Waals surface area contributed by atoms with Crippen LogP contribution in [0.4, 0.5) is 0 Å². The van der Waals surface area contributed by atoms with Crippen LogP contribution in [0, 0.1) is 50.2 Å². The van der Waals surface area contributed by atoms with E-state index in [0.717, 1.165) is 18.3 Å². The Bertz CT molecular complexity index is 897. The number of hydrogen-bond donors (Lipinski definition) is 0. The maximum atomic E-state index is 11.9. The second-order valence-corrected chi connectivity index (χ2v) is 15.8. The van der Waals surface area contributed by atoms with Crippen molar-refractivity contribution in [3.05, 3.63) is 11.6 Å². The van der Waals surface area contributed by atoms with E-state index >= 15 is 0 Å². The lowest BCUT2D eigenvalue weighted by atomic mass is 9.33. The molecule has 3 unspecified atom stereocenters. The third-order valence-electron chi connectivity index (χ3n) is 13.3. The van der Waals surface area contributed by atoms with Gasteiger partial charge in [0.2, 0.25) is 0 Å². The van der Waals surface area contributed by atoms with Gasteiger partial charge in [-0.15, -0.1) is 0 Å². The third kappa shape index (κ3) is 3.21. The zero-order chi connectivity index (χ0) is 24.9. The minimum atomic E-state index is -0.110. The molecule has 4 saturated carbocycles. The highest BCUT2D eigenvalue weighted by Gasteiger charge is 2.68. The van der Waals surface area contributed by atoms with Gasteiger partial charge in [0, 0.05) is 12.3 Å². The van der Waals surface area contributed by atoms with E-state index in [9.17, 15) is 4.79 Å². The summed E-state index contributed by atoms with van der Waals surface area (Å²) in [5.74, 6) is 2.01. The molecule has 0 N–H and O–H groups in total. The highest BCUT2D eigenvalue weighted by Crippen LogP contribution is 2.75. The van der Waals surface area contributed by atoms with Gasteiger partial charge in [-0.1, -0.05) is 67.0 Å². The lowest BCUT2D eigenvalue weighted by Crippen LogP contribution is -2.64. The number of esters is 1. The van der Waals surface area contributed by atoms with Gasteiger partial charge in [-0.05, 0) is 109 Å². The summed E-state index contributed by atoms with van der Waals surface area (Å²) in [7, 11) is 0. The topological polar surface area (TPSA) is 26.3 Å². The predicted molar refractivity (Wildman–Crippen MR) is 140 cm³/mol. The van der Waals surface area contributed by atoms with Gasteiger partial charge in [0.05, 0.1) is 0 Å². The third-order valence-corrected chi connectivity index (χ3v) is 13.3. The maximum absolute atomic E-state index is 11.9. The first kappa shape index (κ1) is 24.9. The zero-order valence-corrected chi connectivity index (χ0v) is 23.8. The van der Waals surface area contributed by atoms with Crippen LogP contribution in [0.25, 0.3) is 0 Å². The van der Waals surface area contributed by atoms with E-state index in [-0.39, 0.29) is 17.5 Å². The lowest BCUT2D eigenvalue weighted by Gasteiger charge is -2.71. The molecular weight excluding hydrogens is 416 g/mol. The minimum Gasteiger partial charge on any atom is -0.462 e. The first-order chi connectivity index (χ1) is 15.6. The summed E-state index contributed by atoms with van der Waals surface area (Å²) in [5, 5.41) is 0. The van der Waals surface area contributed by atoms with Crippen LogP contribution in [0.15, 0.2) is 11.6 Å². The Balaban J connectivity index is 1.53. The molecule has 4 fully saturated rings. The summed E-state index contributed by atoms with van der Waals surface area (Å²) in [5.41, 5.74) is 3.92. The average Bonchev–Trinajstić information content (AvgIpc) is 2.72. The van der Waals surface area contributed by atoms with Crippen molar-refractivity contribution >= 4 is 5.97 Å². The molecule has 0 spiro atoms. The normalized spacial score (nSPS) is 51.1. The fraction of sp³-hybridized carbons (Fsp3) is 0.906. The Labute approximate surface area is 210 Å². The van der Waals surface area contributed by atoms with Crippen LogP contribution >= 0.6 is 0 Å². The van der Waals surface area contributed by atoms with Gasteiger partial charge in [-0.2, -0.15) is 0 Å². The van der Waals surface area contributed by atoms with Crippen molar-refractivity contribution in [2.75, 3.05) is 0 Å². The first-order valence-electron chi connectivity index (χ1n) is 14.5. The van der Waals surface area contributed by atoms with Crippen LogP contribution in [0.3, 0.4) is 0 Å². The van der Waals surface area contributed by atoms with Gasteiger partial charge < -0.3 is 4.74 Å². The highest BCUT2D eigenvalue weighted by molar-refractivity contribution is 5.66. The van der Waals surface area contributed by atoms with Gasteiger partial charge in [-0.25, -0.2) is 0 Å². The van der Waals surface area contributed by atoms with Crippen LogP contribution in [-0.2, 0) is 9.53 Å². The van der Waals surface area contributed by atoms with Crippen molar-refractivity contribution in [3.8, 4) is 0 Å².